The molecule has 0 saturated heterocycles. The second kappa shape index (κ2) is 12.2. The first-order chi connectivity index (χ1) is 16.8. The van der Waals surface area contributed by atoms with Crippen molar-refractivity contribution in [2.75, 3.05) is 32.0 Å². The van der Waals surface area contributed by atoms with E-state index in [4.69, 9.17) is 38.0 Å². The quantitative estimate of drug-likeness (QED) is 0.234. The molecule has 0 radical (unpaired) electrons. The van der Waals surface area contributed by atoms with Crippen LogP contribution in [0.15, 0.2) is 47.5 Å². The lowest BCUT2D eigenvalue weighted by molar-refractivity contribution is 0.405. The molecule has 0 bridgehead atoms. The van der Waals surface area contributed by atoms with Gasteiger partial charge in [-0.1, -0.05) is 23.7 Å². The highest BCUT2D eigenvalue weighted by molar-refractivity contribution is 7.80. The highest BCUT2D eigenvalue weighted by Crippen LogP contribution is 2.35. The lowest BCUT2D eigenvalue weighted by Gasteiger charge is -2.17. The SMILES string of the molecule is COc1ccc(CN=C(NC(=S)Nc2cc(OC)c(Cl)cc2OC)Nc2nc(C)cc(C)n2)cc1. The van der Waals surface area contributed by atoms with Crippen LogP contribution in [0.5, 0.6) is 17.2 Å². The molecule has 3 aromatic rings. The summed E-state index contributed by atoms with van der Waals surface area (Å²) >= 11 is 11.7. The Labute approximate surface area is 214 Å². The highest BCUT2D eigenvalue weighted by Gasteiger charge is 2.13. The van der Waals surface area contributed by atoms with Gasteiger partial charge in [-0.2, -0.15) is 0 Å². The van der Waals surface area contributed by atoms with Crippen molar-refractivity contribution in [1.29, 1.82) is 0 Å². The number of halogens is 1. The number of benzene rings is 2. The Morgan fingerprint density at radius 2 is 1.57 bits per heavy atom. The summed E-state index contributed by atoms with van der Waals surface area (Å²) in [6, 6.07) is 12.9. The second-order valence-electron chi connectivity index (χ2n) is 7.38. The fourth-order valence-electron chi connectivity index (χ4n) is 3.12. The first-order valence-electron chi connectivity index (χ1n) is 10.6. The van der Waals surface area contributed by atoms with E-state index in [9.17, 15) is 0 Å². The summed E-state index contributed by atoms with van der Waals surface area (Å²) in [6.07, 6.45) is 0. The molecule has 0 aliphatic carbocycles. The number of aryl methyl sites for hydroxylation is 2. The van der Waals surface area contributed by atoms with E-state index in [2.05, 4.69) is 30.9 Å². The number of hydrogen-bond acceptors (Lipinski definition) is 7. The van der Waals surface area contributed by atoms with Crippen molar-refractivity contribution in [3.63, 3.8) is 0 Å². The smallest absolute Gasteiger partial charge is 0.229 e. The van der Waals surface area contributed by atoms with Gasteiger partial charge in [0.25, 0.3) is 0 Å². The van der Waals surface area contributed by atoms with Gasteiger partial charge >= 0.3 is 0 Å². The van der Waals surface area contributed by atoms with Gasteiger partial charge in [0.1, 0.15) is 17.2 Å². The third kappa shape index (κ3) is 7.43. The minimum absolute atomic E-state index is 0.262. The van der Waals surface area contributed by atoms with Crippen LogP contribution in [0.2, 0.25) is 5.02 Å². The van der Waals surface area contributed by atoms with Gasteiger partial charge in [-0.25, -0.2) is 15.0 Å². The van der Waals surface area contributed by atoms with Crippen LogP contribution >= 0.6 is 23.8 Å². The number of nitrogens with zero attached hydrogens (tertiary/aromatic N) is 3. The van der Waals surface area contributed by atoms with Crippen LogP contribution in [0.1, 0.15) is 17.0 Å². The van der Waals surface area contributed by atoms with Gasteiger partial charge in [-0.05, 0) is 49.8 Å². The molecule has 1 aromatic heterocycles. The van der Waals surface area contributed by atoms with Crippen molar-refractivity contribution in [3.8, 4) is 17.2 Å². The maximum absolute atomic E-state index is 6.20. The fourth-order valence-corrected chi connectivity index (χ4v) is 3.56. The molecule has 0 atom stereocenters. The van der Waals surface area contributed by atoms with Gasteiger partial charge < -0.3 is 24.8 Å². The van der Waals surface area contributed by atoms with Gasteiger partial charge in [0.2, 0.25) is 11.9 Å². The molecule has 0 aliphatic rings. The van der Waals surface area contributed by atoms with Crippen LogP contribution in [0, 0.1) is 13.8 Å². The zero-order valence-electron chi connectivity index (χ0n) is 20.1. The van der Waals surface area contributed by atoms with Crippen molar-refractivity contribution in [1.82, 2.24) is 15.3 Å². The molecule has 0 spiro atoms. The van der Waals surface area contributed by atoms with Gasteiger partial charge in [-0.15, -0.1) is 0 Å². The zero-order chi connectivity index (χ0) is 25.4. The predicted octanol–water partition coefficient (Wildman–Crippen LogP) is 4.73. The third-order valence-corrected chi connectivity index (χ3v) is 5.24. The van der Waals surface area contributed by atoms with Crippen LogP contribution in [0.25, 0.3) is 0 Å². The van der Waals surface area contributed by atoms with Crippen molar-refractivity contribution < 1.29 is 14.2 Å². The summed E-state index contributed by atoms with van der Waals surface area (Å²) in [5, 5.41) is 9.97. The lowest BCUT2D eigenvalue weighted by Crippen LogP contribution is -2.39. The second-order valence-corrected chi connectivity index (χ2v) is 8.19. The van der Waals surface area contributed by atoms with Gasteiger partial charge in [0, 0.05) is 23.5 Å². The molecule has 0 unspecified atom stereocenters. The van der Waals surface area contributed by atoms with E-state index in [-0.39, 0.29) is 5.11 Å². The number of ether oxygens (including phenoxy) is 3. The monoisotopic (exact) mass is 514 g/mol. The van der Waals surface area contributed by atoms with E-state index < -0.39 is 0 Å². The molecule has 1 heterocycles. The van der Waals surface area contributed by atoms with Gasteiger partial charge in [0.05, 0.1) is 38.6 Å². The number of methoxy groups -OCH3 is 3. The maximum Gasteiger partial charge on any atom is 0.229 e. The van der Waals surface area contributed by atoms with Crippen LogP contribution < -0.4 is 30.2 Å². The summed E-state index contributed by atoms with van der Waals surface area (Å²) in [4.78, 5) is 13.5. The molecule has 0 aliphatic heterocycles. The van der Waals surface area contributed by atoms with Gasteiger partial charge in [0.15, 0.2) is 5.11 Å². The maximum atomic E-state index is 6.20. The average molecular weight is 515 g/mol. The Morgan fingerprint density at radius 3 is 2.17 bits per heavy atom. The number of hydrogen-bond donors (Lipinski definition) is 3. The Hall–Kier alpha value is -3.63. The van der Waals surface area contributed by atoms with Crippen molar-refractivity contribution in [2.45, 2.75) is 20.4 Å². The number of thiocarbonyl (C=S) groups is 1. The summed E-state index contributed by atoms with van der Waals surface area (Å²) in [5.41, 5.74) is 3.21. The van der Waals surface area contributed by atoms with E-state index >= 15 is 0 Å². The molecule has 9 nitrogen and oxygen atoms in total. The summed E-state index contributed by atoms with van der Waals surface area (Å²) in [6.45, 7) is 4.17. The minimum Gasteiger partial charge on any atom is -0.497 e. The number of nitrogens with one attached hydrogen (secondary N) is 3. The molecule has 2 aromatic carbocycles. The Balaban J connectivity index is 1.83. The van der Waals surface area contributed by atoms with E-state index in [1.807, 2.05) is 44.2 Å². The molecule has 3 rings (SSSR count). The van der Waals surface area contributed by atoms with E-state index in [0.29, 0.717) is 40.7 Å². The minimum atomic E-state index is 0.262. The number of guanidine groups is 1. The third-order valence-electron chi connectivity index (χ3n) is 4.75. The predicted molar refractivity (Wildman–Crippen MR) is 143 cm³/mol. The first-order valence-corrected chi connectivity index (χ1v) is 11.4. The summed E-state index contributed by atoms with van der Waals surface area (Å²) in [7, 11) is 4.70. The lowest BCUT2D eigenvalue weighted by atomic mass is 10.2. The number of aliphatic imine (C=N–C) groups is 1. The van der Waals surface area contributed by atoms with Crippen molar-refractivity contribution >= 4 is 46.5 Å². The molecule has 184 valence electrons. The van der Waals surface area contributed by atoms with Crippen molar-refractivity contribution in [3.05, 3.63) is 64.4 Å². The number of aromatic nitrogens is 2. The molecule has 35 heavy (non-hydrogen) atoms. The summed E-state index contributed by atoms with van der Waals surface area (Å²) in [5.74, 6) is 2.52. The Morgan fingerprint density at radius 1 is 0.914 bits per heavy atom. The topological polar surface area (TPSA) is 102 Å². The van der Waals surface area contributed by atoms with Crippen LogP contribution in [-0.2, 0) is 6.54 Å². The first kappa shape index (κ1) is 26.0. The number of rotatable bonds is 7. The van der Waals surface area contributed by atoms with Crippen LogP contribution in [0.4, 0.5) is 11.6 Å². The molecular weight excluding hydrogens is 488 g/mol. The molecular formula is C24H27ClN6O3S. The number of anilines is 2. The van der Waals surface area contributed by atoms with Crippen LogP contribution in [0.3, 0.4) is 0 Å². The Bertz CT molecular complexity index is 1200. The molecule has 0 fully saturated rings. The van der Waals surface area contributed by atoms with E-state index in [1.165, 1.54) is 7.11 Å². The summed E-state index contributed by atoms with van der Waals surface area (Å²) < 4.78 is 15.9. The molecule has 0 saturated carbocycles. The van der Waals surface area contributed by atoms with E-state index in [1.54, 1.807) is 26.4 Å². The largest absolute Gasteiger partial charge is 0.497 e. The highest BCUT2D eigenvalue weighted by atomic mass is 35.5. The van der Waals surface area contributed by atoms with Gasteiger partial charge in [-0.3, -0.25) is 5.32 Å². The molecule has 11 heteroatoms. The average Bonchev–Trinajstić information content (AvgIpc) is 2.83. The Kier molecular flexibility index (Phi) is 9.04. The normalized spacial score (nSPS) is 11.0. The molecule has 3 N–H and O–H groups in total. The van der Waals surface area contributed by atoms with Crippen LogP contribution in [-0.4, -0.2) is 42.4 Å². The zero-order valence-corrected chi connectivity index (χ0v) is 21.7. The fraction of sp³-hybridized carbons (Fsp3) is 0.250. The molecule has 0 amide bonds. The standard InChI is InChI=1S/C24H27ClN6O3S/c1-14-10-15(2)28-23(27-14)30-22(26-13-16-6-8-17(32-3)9-7-16)31-24(35)29-19-12-20(33-4)18(25)11-21(19)34-5/h6-12H,13H2,1-5H3,(H3,26,27,28,29,30,31,35). The van der Waals surface area contributed by atoms with E-state index in [0.717, 1.165) is 22.7 Å². The van der Waals surface area contributed by atoms with Crippen molar-refractivity contribution in [2.24, 2.45) is 4.99 Å².